The molecule has 0 saturated carbocycles. The third kappa shape index (κ3) is 2.36. The zero-order valence-corrected chi connectivity index (χ0v) is 18.6. The largest absolute Gasteiger partial charge is 0.239 e. The average molecular weight is 374 g/mol. The molecule has 0 spiro atoms. The molecule has 2 aromatic carbocycles. The van der Waals surface area contributed by atoms with Crippen LogP contribution in [-0.4, -0.2) is 4.68 Å². The normalized spacial score (nSPS) is 20.0. The van der Waals surface area contributed by atoms with Crippen LogP contribution in [-0.2, 0) is 17.9 Å². The van der Waals surface area contributed by atoms with Gasteiger partial charge in [-0.15, -0.1) is 9.36 Å². The highest BCUT2D eigenvalue weighted by Gasteiger charge is 2.52. The summed E-state index contributed by atoms with van der Waals surface area (Å²) < 4.78 is 4.84. The molecule has 3 aromatic rings. The summed E-state index contributed by atoms with van der Waals surface area (Å²) in [4.78, 5) is 0. The summed E-state index contributed by atoms with van der Waals surface area (Å²) in [7, 11) is 2.21. The lowest BCUT2D eigenvalue weighted by molar-refractivity contribution is -0.735. The first-order valence-electron chi connectivity index (χ1n) is 10.4. The standard InChI is InChI=1S/C26H33N2/c1-9-26(7)23-16-22(20-14-17(2)13-18(3)15-20)27(8)28(23)24-19(4)11-10-12-21(24)25(26,5)6/h10-16H,9H2,1-8H3/q+1. The maximum Gasteiger partial charge on any atom is 0.239 e. The van der Waals surface area contributed by atoms with E-state index in [-0.39, 0.29) is 10.8 Å². The van der Waals surface area contributed by atoms with Crippen molar-refractivity contribution in [2.45, 2.75) is 65.7 Å². The van der Waals surface area contributed by atoms with E-state index in [2.05, 4.69) is 107 Å². The van der Waals surface area contributed by atoms with Gasteiger partial charge in [0.1, 0.15) is 5.69 Å². The molecule has 28 heavy (non-hydrogen) atoms. The number of hydrogen-bond acceptors (Lipinski definition) is 0. The molecule has 0 amide bonds. The molecule has 2 heteroatoms. The van der Waals surface area contributed by atoms with Gasteiger partial charge in [0.2, 0.25) is 5.69 Å². The van der Waals surface area contributed by atoms with Crippen molar-refractivity contribution in [3.63, 3.8) is 0 Å². The van der Waals surface area contributed by atoms with E-state index in [9.17, 15) is 0 Å². The number of aromatic nitrogens is 2. The molecular formula is C26H33N2+. The summed E-state index contributed by atoms with van der Waals surface area (Å²) >= 11 is 0. The summed E-state index contributed by atoms with van der Waals surface area (Å²) in [6.45, 7) is 16.2. The smallest absolute Gasteiger partial charge is 0.124 e. The highest BCUT2D eigenvalue weighted by molar-refractivity contribution is 5.63. The molecule has 0 saturated heterocycles. The first-order valence-corrected chi connectivity index (χ1v) is 10.4. The predicted octanol–water partition coefficient (Wildman–Crippen LogP) is 5.85. The Kier molecular flexibility index (Phi) is 4.12. The van der Waals surface area contributed by atoms with Gasteiger partial charge in [-0.3, -0.25) is 0 Å². The Balaban J connectivity index is 2.11. The average Bonchev–Trinajstić information content (AvgIpc) is 2.97. The Bertz CT molecular complexity index is 1060. The van der Waals surface area contributed by atoms with Crippen LogP contribution in [0.2, 0.25) is 0 Å². The van der Waals surface area contributed by atoms with Crippen LogP contribution in [0.1, 0.15) is 62.1 Å². The molecule has 2 nitrogen and oxygen atoms in total. The topological polar surface area (TPSA) is 8.81 Å². The fraction of sp³-hybridized carbons (Fsp3) is 0.423. The molecule has 0 fully saturated rings. The van der Waals surface area contributed by atoms with Crippen LogP contribution in [0.25, 0.3) is 16.9 Å². The predicted molar refractivity (Wildman–Crippen MR) is 117 cm³/mol. The van der Waals surface area contributed by atoms with Crippen LogP contribution in [0.15, 0.2) is 42.5 Å². The van der Waals surface area contributed by atoms with Crippen molar-refractivity contribution in [2.24, 2.45) is 7.05 Å². The van der Waals surface area contributed by atoms with Gasteiger partial charge < -0.3 is 0 Å². The van der Waals surface area contributed by atoms with E-state index in [1.165, 1.54) is 44.9 Å². The summed E-state index contributed by atoms with van der Waals surface area (Å²) in [5.41, 5.74) is 10.9. The van der Waals surface area contributed by atoms with E-state index in [0.717, 1.165) is 6.42 Å². The van der Waals surface area contributed by atoms with Gasteiger partial charge >= 0.3 is 0 Å². The summed E-state index contributed by atoms with van der Waals surface area (Å²) in [5, 5.41) is 0. The highest BCUT2D eigenvalue weighted by Crippen LogP contribution is 2.52. The van der Waals surface area contributed by atoms with Crippen molar-refractivity contribution >= 4 is 0 Å². The number of benzene rings is 2. The van der Waals surface area contributed by atoms with Crippen LogP contribution >= 0.6 is 0 Å². The fourth-order valence-electron chi connectivity index (χ4n) is 5.29. The minimum absolute atomic E-state index is 0.0582. The minimum Gasteiger partial charge on any atom is -0.124 e. The minimum atomic E-state index is 0.0582. The fourth-order valence-corrected chi connectivity index (χ4v) is 5.29. The van der Waals surface area contributed by atoms with Crippen molar-refractivity contribution in [2.75, 3.05) is 0 Å². The third-order valence-corrected chi connectivity index (χ3v) is 7.44. The molecule has 1 aliphatic heterocycles. The van der Waals surface area contributed by atoms with Gasteiger partial charge in [0.25, 0.3) is 0 Å². The van der Waals surface area contributed by atoms with E-state index < -0.39 is 0 Å². The quantitative estimate of drug-likeness (QED) is 0.498. The second kappa shape index (κ2) is 6.07. The van der Waals surface area contributed by atoms with Crippen molar-refractivity contribution in [3.8, 4) is 16.9 Å². The van der Waals surface area contributed by atoms with E-state index in [4.69, 9.17) is 0 Å². The number of nitrogens with zero attached hydrogens (tertiary/aromatic N) is 2. The molecule has 4 rings (SSSR count). The maximum absolute atomic E-state index is 2.48. The van der Waals surface area contributed by atoms with E-state index in [0.29, 0.717) is 0 Å². The Morgan fingerprint density at radius 3 is 2.18 bits per heavy atom. The molecule has 2 heterocycles. The molecular weight excluding hydrogens is 340 g/mol. The van der Waals surface area contributed by atoms with E-state index in [1.54, 1.807) is 0 Å². The zero-order chi connectivity index (χ0) is 20.4. The Morgan fingerprint density at radius 2 is 1.57 bits per heavy atom. The van der Waals surface area contributed by atoms with Gasteiger partial charge in [0, 0.05) is 22.5 Å². The molecule has 0 N–H and O–H groups in total. The first kappa shape index (κ1) is 19.0. The molecule has 146 valence electrons. The first-order chi connectivity index (χ1) is 13.1. The van der Waals surface area contributed by atoms with Crippen LogP contribution in [0.3, 0.4) is 0 Å². The molecule has 0 radical (unpaired) electrons. The molecule has 0 bridgehead atoms. The van der Waals surface area contributed by atoms with Gasteiger partial charge in [0.05, 0.1) is 5.69 Å². The van der Waals surface area contributed by atoms with E-state index >= 15 is 0 Å². The number of fused-ring (bicyclic) bond motifs is 3. The SMILES string of the molecule is CCC1(C)c2cc(-c3cc(C)cc(C)c3)[n+](C)n2-c2c(C)cccc2C1(C)C. The summed E-state index contributed by atoms with van der Waals surface area (Å²) in [6.07, 6.45) is 1.10. The second-order valence-electron chi connectivity index (χ2n) is 9.41. The molecule has 1 aliphatic rings. The van der Waals surface area contributed by atoms with E-state index in [1.807, 2.05) is 0 Å². The van der Waals surface area contributed by atoms with Gasteiger partial charge in [-0.25, -0.2) is 0 Å². The number of para-hydroxylation sites is 1. The van der Waals surface area contributed by atoms with Gasteiger partial charge in [-0.05, 0) is 50.5 Å². The van der Waals surface area contributed by atoms with Gasteiger partial charge in [-0.2, -0.15) is 0 Å². The lowest BCUT2D eigenvalue weighted by atomic mass is 9.58. The lowest BCUT2D eigenvalue weighted by Gasteiger charge is -2.47. The number of rotatable bonds is 2. The van der Waals surface area contributed by atoms with Gasteiger partial charge in [0.15, 0.2) is 7.05 Å². The van der Waals surface area contributed by atoms with Crippen LogP contribution in [0.5, 0.6) is 0 Å². The molecule has 1 atom stereocenters. The molecule has 1 unspecified atom stereocenters. The molecule has 1 aromatic heterocycles. The van der Waals surface area contributed by atoms with Crippen LogP contribution < -0.4 is 4.68 Å². The zero-order valence-electron chi connectivity index (χ0n) is 18.6. The number of hydrogen-bond donors (Lipinski definition) is 0. The maximum atomic E-state index is 2.48. The number of aryl methyl sites for hydroxylation is 3. The highest BCUT2D eigenvalue weighted by atomic mass is 15.4. The van der Waals surface area contributed by atoms with Crippen LogP contribution in [0.4, 0.5) is 0 Å². The Morgan fingerprint density at radius 1 is 0.929 bits per heavy atom. The van der Waals surface area contributed by atoms with Crippen molar-refractivity contribution in [1.29, 1.82) is 0 Å². The summed E-state index contributed by atoms with van der Waals surface area (Å²) in [5.74, 6) is 0. The Labute approximate surface area is 169 Å². The monoisotopic (exact) mass is 373 g/mol. The second-order valence-corrected chi connectivity index (χ2v) is 9.41. The van der Waals surface area contributed by atoms with Crippen LogP contribution in [0, 0.1) is 20.8 Å². The van der Waals surface area contributed by atoms with Crippen molar-refractivity contribution in [1.82, 2.24) is 4.68 Å². The lowest BCUT2D eigenvalue weighted by Crippen LogP contribution is -2.52. The van der Waals surface area contributed by atoms with Crippen molar-refractivity contribution < 1.29 is 4.68 Å². The third-order valence-electron chi connectivity index (χ3n) is 7.44. The summed E-state index contributed by atoms with van der Waals surface area (Å²) in [6, 6.07) is 16.1. The van der Waals surface area contributed by atoms with Gasteiger partial charge in [-0.1, -0.05) is 63.1 Å². The van der Waals surface area contributed by atoms with Crippen molar-refractivity contribution in [3.05, 3.63) is 70.4 Å². The Hall–Kier alpha value is -2.35. The molecule has 0 aliphatic carbocycles.